The Hall–Kier alpha value is -2.54. The fourth-order valence-electron chi connectivity index (χ4n) is 1.97. The van der Waals surface area contributed by atoms with E-state index < -0.39 is 0 Å². The molecular formula is C15H15N3O. The van der Waals surface area contributed by atoms with Gasteiger partial charge in [-0.2, -0.15) is 5.26 Å². The SMILES string of the molecule is Cc1cc(C#N)cc(C)c1OCc1cccc(N)n1. The second-order valence-electron chi connectivity index (χ2n) is 4.39. The number of nitrogens with two attached hydrogens (primary N) is 1. The van der Waals surface area contributed by atoms with Crippen LogP contribution in [0.4, 0.5) is 5.82 Å². The molecule has 1 aromatic carbocycles. The second-order valence-corrected chi connectivity index (χ2v) is 4.39. The van der Waals surface area contributed by atoms with Crippen LogP contribution in [-0.4, -0.2) is 4.98 Å². The Bertz CT molecular complexity index is 621. The molecule has 2 rings (SSSR count). The number of aryl methyl sites for hydroxylation is 2. The number of ether oxygens (including phenoxy) is 1. The first-order chi connectivity index (χ1) is 9.10. The number of benzene rings is 1. The average molecular weight is 253 g/mol. The van der Waals surface area contributed by atoms with Crippen LogP contribution >= 0.6 is 0 Å². The van der Waals surface area contributed by atoms with E-state index in [2.05, 4.69) is 11.1 Å². The van der Waals surface area contributed by atoms with Crippen LogP contribution in [0.5, 0.6) is 5.75 Å². The summed E-state index contributed by atoms with van der Waals surface area (Å²) < 4.78 is 5.78. The van der Waals surface area contributed by atoms with Crippen molar-refractivity contribution in [2.75, 3.05) is 5.73 Å². The third-order valence-electron chi connectivity index (χ3n) is 2.78. The minimum Gasteiger partial charge on any atom is -0.487 e. The predicted octanol–water partition coefficient (Wildman–Crippen LogP) is 2.73. The zero-order valence-electron chi connectivity index (χ0n) is 11.0. The van der Waals surface area contributed by atoms with Gasteiger partial charge >= 0.3 is 0 Å². The van der Waals surface area contributed by atoms with Gasteiger partial charge in [0, 0.05) is 0 Å². The first-order valence-electron chi connectivity index (χ1n) is 5.95. The number of hydrogen-bond acceptors (Lipinski definition) is 4. The van der Waals surface area contributed by atoms with Crippen molar-refractivity contribution in [3.63, 3.8) is 0 Å². The monoisotopic (exact) mass is 253 g/mol. The Labute approximate surface area is 112 Å². The van der Waals surface area contributed by atoms with Gasteiger partial charge in [0.05, 0.1) is 17.3 Å². The molecule has 0 spiro atoms. The van der Waals surface area contributed by atoms with E-state index in [-0.39, 0.29) is 0 Å². The first kappa shape index (κ1) is 12.9. The Kier molecular flexibility index (Phi) is 3.67. The van der Waals surface area contributed by atoms with E-state index in [0.29, 0.717) is 18.0 Å². The van der Waals surface area contributed by atoms with Crippen LogP contribution < -0.4 is 10.5 Å². The van der Waals surface area contributed by atoms with Crippen LogP contribution in [0.2, 0.25) is 0 Å². The summed E-state index contributed by atoms with van der Waals surface area (Å²) in [4.78, 5) is 4.18. The van der Waals surface area contributed by atoms with E-state index in [1.807, 2.05) is 38.1 Å². The summed E-state index contributed by atoms with van der Waals surface area (Å²) in [6.07, 6.45) is 0. The molecule has 0 saturated carbocycles. The fraction of sp³-hybridized carbons (Fsp3) is 0.200. The molecule has 0 amide bonds. The average Bonchev–Trinajstić information content (AvgIpc) is 2.37. The van der Waals surface area contributed by atoms with Crippen molar-refractivity contribution in [2.45, 2.75) is 20.5 Å². The van der Waals surface area contributed by atoms with Gasteiger partial charge < -0.3 is 10.5 Å². The van der Waals surface area contributed by atoms with Crippen LogP contribution in [0.15, 0.2) is 30.3 Å². The van der Waals surface area contributed by atoms with Crippen LogP contribution in [-0.2, 0) is 6.61 Å². The van der Waals surface area contributed by atoms with E-state index in [0.717, 1.165) is 22.6 Å². The number of nitriles is 1. The molecule has 0 aliphatic heterocycles. The largest absolute Gasteiger partial charge is 0.487 e. The summed E-state index contributed by atoms with van der Waals surface area (Å²) in [6.45, 7) is 4.21. The molecule has 19 heavy (non-hydrogen) atoms. The standard InChI is InChI=1S/C15H15N3O/c1-10-6-12(8-16)7-11(2)15(10)19-9-13-4-3-5-14(17)18-13/h3-7H,9H2,1-2H3,(H2,17,18). The lowest BCUT2D eigenvalue weighted by atomic mass is 10.1. The van der Waals surface area contributed by atoms with E-state index in [4.69, 9.17) is 15.7 Å². The van der Waals surface area contributed by atoms with Gasteiger partial charge in [-0.05, 0) is 49.2 Å². The van der Waals surface area contributed by atoms with Gasteiger partial charge in [-0.15, -0.1) is 0 Å². The summed E-state index contributed by atoms with van der Waals surface area (Å²) in [5, 5.41) is 8.90. The van der Waals surface area contributed by atoms with Crippen molar-refractivity contribution in [3.05, 3.63) is 52.7 Å². The number of aromatic nitrogens is 1. The van der Waals surface area contributed by atoms with E-state index in [1.54, 1.807) is 6.07 Å². The lowest BCUT2D eigenvalue weighted by Gasteiger charge is -2.12. The number of nitrogens with zero attached hydrogens (tertiary/aromatic N) is 2. The van der Waals surface area contributed by atoms with Gasteiger partial charge in [0.25, 0.3) is 0 Å². The van der Waals surface area contributed by atoms with Gasteiger partial charge in [0.1, 0.15) is 18.2 Å². The highest BCUT2D eigenvalue weighted by molar-refractivity contribution is 5.47. The molecule has 0 fully saturated rings. The summed E-state index contributed by atoms with van der Waals surface area (Å²) in [7, 11) is 0. The summed E-state index contributed by atoms with van der Waals surface area (Å²) >= 11 is 0. The van der Waals surface area contributed by atoms with Gasteiger partial charge in [0.15, 0.2) is 0 Å². The molecule has 0 radical (unpaired) electrons. The van der Waals surface area contributed by atoms with Crippen molar-refractivity contribution < 1.29 is 4.74 Å². The van der Waals surface area contributed by atoms with Crippen molar-refractivity contribution in [1.29, 1.82) is 5.26 Å². The smallest absolute Gasteiger partial charge is 0.130 e. The first-order valence-corrected chi connectivity index (χ1v) is 5.95. The molecule has 2 aromatic rings. The van der Waals surface area contributed by atoms with Crippen LogP contribution in [0.3, 0.4) is 0 Å². The topological polar surface area (TPSA) is 71.9 Å². The third kappa shape index (κ3) is 3.02. The lowest BCUT2D eigenvalue weighted by molar-refractivity contribution is 0.297. The van der Waals surface area contributed by atoms with Crippen LogP contribution in [0.25, 0.3) is 0 Å². The molecule has 0 unspecified atom stereocenters. The lowest BCUT2D eigenvalue weighted by Crippen LogP contribution is -2.02. The fourth-order valence-corrected chi connectivity index (χ4v) is 1.97. The highest BCUT2D eigenvalue weighted by Gasteiger charge is 2.07. The highest BCUT2D eigenvalue weighted by atomic mass is 16.5. The maximum absolute atomic E-state index is 8.90. The van der Waals surface area contributed by atoms with Crippen LogP contribution in [0.1, 0.15) is 22.4 Å². The molecular weight excluding hydrogens is 238 g/mol. The van der Waals surface area contributed by atoms with E-state index >= 15 is 0 Å². The number of nitrogen functional groups attached to an aromatic ring is 1. The molecule has 2 N–H and O–H groups in total. The zero-order valence-corrected chi connectivity index (χ0v) is 11.0. The van der Waals surface area contributed by atoms with Crippen LogP contribution in [0, 0.1) is 25.2 Å². The van der Waals surface area contributed by atoms with Crippen molar-refractivity contribution >= 4 is 5.82 Å². The minimum absolute atomic E-state index is 0.360. The predicted molar refractivity (Wildman–Crippen MR) is 73.6 cm³/mol. The van der Waals surface area contributed by atoms with Crippen molar-refractivity contribution in [2.24, 2.45) is 0 Å². The Morgan fingerprint density at radius 2 is 1.95 bits per heavy atom. The molecule has 1 aromatic heterocycles. The molecule has 4 nitrogen and oxygen atoms in total. The normalized spacial score (nSPS) is 9.95. The number of hydrogen-bond donors (Lipinski definition) is 1. The molecule has 0 aliphatic carbocycles. The summed E-state index contributed by atoms with van der Waals surface area (Å²) in [5.74, 6) is 1.28. The third-order valence-corrected chi connectivity index (χ3v) is 2.78. The van der Waals surface area contributed by atoms with Crippen molar-refractivity contribution in [3.8, 4) is 11.8 Å². The van der Waals surface area contributed by atoms with Crippen molar-refractivity contribution in [1.82, 2.24) is 4.98 Å². The quantitative estimate of drug-likeness (QED) is 0.912. The van der Waals surface area contributed by atoms with Gasteiger partial charge in [-0.1, -0.05) is 6.07 Å². The molecule has 96 valence electrons. The second kappa shape index (κ2) is 5.40. The zero-order chi connectivity index (χ0) is 13.8. The maximum atomic E-state index is 8.90. The summed E-state index contributed by atoms with van der Waals surface area (Å²) in [5.41, 5.74) is 8.94. The Balaban J connectivity index is 2.18. The summed E-state index contributed by atoms with van der Waals surface area (Å²) in [6, 6.07) is 11.2. The molecule has 0 aliphatic rings. The number of rotatable bonds is 3. The molecule has 1 heterocycles. The highest BCUT2D eigenvalue weighted by Crippen LogP contribution is 2.25. The van der Waals surface area contributed by atoms with Gasteiger partial charge in [-0.25, -0.2) is 4.98 Å². The molecule has 0 saturated heterocycles. The maximum Gasteiger partial charge on any atom is 0.130 e. The van der Waals surface area contributed by atoms with E-state index in [1.165, 1.54) is 0 Å². The number of anilines is 1. The van der Waals surface area contributed by atoms with E-state index in [9.17, 15) is 0 Å². The van der Waals surface area contributed by atoms with Gasteiger partial charge in [0.2, 0.25) is 0 Å². The number of pyridine rings is 1. The molecule has 0 bridgehead atoms. The Morgan fingerprint density at radius 3 is 2.53 bits per heavy atom. The molecule has 0 atom stereocenters. The van der Waals surface area contributed by atoms with Gasteiger partial charge in [-0.3, -0.25) is 0 Å². The Morgan fingerprint density at radius 1 is 1.26 bits per heavy atom. The molecule has 4 heteroatoms. The minimum atomic E-state index is 0.360.